The number of halogens is 1. The molecule has 8 nitrogen and oxygen atoms in total. The number of rotatable bonds is 5. The summed E-state index contributed by atoms with van der Waals surface area (Å²) in [5, 5.41) is 3.36. The van der Waals surface area contributed by atoms with Crippen LogP contribution in [0.15, 0.2) is 12.1 Å². The Labute approximate surface area is 126 Å². The first-order chi connectivity index (χ1) is 10.1. The van der Waals surface area contributed by atoms with Gasteiger partial charge in [0, 0.05) is 6.07 Å². The van der Waals surface area contributed by atoms with Gasteiger partial charge < -0.3 is 25.3 Å². The van der Waals surface area contributed by atoms with Crippen LogP contribution in [0.4, 0.5) is 17.6 Å². The zero-order chi connectivity index (χ0) is 15.4. The first-order valence-corrected chi connectivity index (χ1v) is 6.19. The highest BCUT2D eigenvalue weighted by Crippen LogP contribution is 2.36. The highest BCUT2D eigenvalue weighted by molar-refractivity contribution is 6.32. The van der Waals surface area contributed by atoms with Gasteiger partial charge in [-0.05, 0) is 6.07 Å². The molecule has 112 valence electrons. The minimum Gasteiger partial charge on any atom is -0.495 e. The summed E-state index contributed by atoms with van der Waals surface area (Å²) in [6.45, 7) is 0. The topological polar surface area (TPSA) is 104 Å². The number of nitrogen functional groups attached to an aromatic ring is 1. The number of benzene rings is 1. The molecule has 0 amide bonds. The van der Waals surface area contributed by atoms with Crippen molar-refractivity contribution in [3.8, 4) is 17.5 Å². The van der Waals surface area contributed by atoms with Crippen molar-refractivity contribution in [3.05, 3.63) is 17.2 Å². The van der Waals surface area contributed by atoms with Crippen molar-refractivity contribution in [1.82, 2.24) is 15.0 Å². The van der Waals surface area contributed by atoms with Gasteiger partial charge in [0.1, 0.15) is 11.5 Å². The molecule has 2 rings (SSSR count). The van der Waals surface area contributed by atoms with Gasteiger partial charge in [0.05, 0.1) is 32.0 Å². The maximum Gasteiger partial charge on any atom is 0.322 e. The normalized spacial score (nSPS) is 10.1. The van der Waals surface area contributed by atoms with Crippen molar-refractivity contribution in [1.29, 1.82) is 0 Å². The van der Waals surface area contributed by atoms with E-state index in [1.807, 2.05) is 0 Å². The predicted octanol–water partition coefficient (Wildman–Crippen LogP) is 1.88. The van der Waals surface area contributed by atoms with Gasteiger partial charge >= 0.3 is 6.01 Å². The average molecular weight is 312 g/mol. The first kappa shape index (κ1) is 14.9. The van der Waals surface area contributed by atoms with Crippen LogP contribution in [0.5, 0.6) is 17.5 Å². The summed E-state index contributed by atoms with van der Waals surface area (Å²) in [7, 11) is 4.48. The van der Waals surface area contributed by atoms with Crippen LogP contribution in [-0.2, 0) is 0 Å². The highest BCUT2D eigenvalue weighted by atomic mass is 35.5. The molecule has 3 N–H and O–H groups in total. The number of hydrogen-bond donors (Lipinski definition) is 2. The Morgan fingerprint density at radius 1 is 1.00 bits per heavy atom. The molecule has 0 radical (unpaired) electrons. The molecule has 0 aliphatic rings. The van der Waals surface area contributed by atoms with Crippen molar-refractivity contribution < 1.29 is 14.2 Å². The molecule has 0 atom stereocenters. The van der Waals surface area contributed by atoms with Gasteiger partial charge in [-0.2, -0.15) is 15.0 Å². The Bertz CT molecular complexity index is 653. The number of nitrogens with two attached hydrogens (primary N) is 1. The molecule has 0 spiro atoms. The van der Waals surface area contributed by atoms with Crippen molar-refractivity contribution in [2.45, 2.75) is 0 Å². The van der Waals surface area contributed by atoms with E-state index in [4.69, 9.17) is 31.5 Å². The molecular weight excluding hydrogens is 298 g/mol. The van der Waals surface area contributed by atoms with Gasteiger partial charge in [-0.25, -0.2) is 0 Å². The van der Waals surface area contributed by atoms with E-state index in [0.717, 1.165) is 0 Å². The fourth-order valence-electron chi connectivity index (χ4n) is 1.60. The summed E-state index contributed by atoms with van der Waals surface area (Å²) < 4.78 is 15.3. The van der Waals surface area contributed by atoms with Crippen LogP contribution in [-0.4, -0.2) is 36.3 Å². The van der Waals surface area contributed by atoms with E-state index in [0.29, 0.717) is 22.2 Å². The third-order valence-corrected chi connectivity index (χ3v) is 2.83. The van der Waals surface area contributed by atoms with Gasteiger partial charge in [-0.15, -0.1) is 0 Å². The Balaban J connectivity index is 2.39. The second kappa shape index (κ2) is 6.31. The predicted molar refractivity (Wildman–Crippen MR) is 78.6 cm³/mol. The molecule has 0 saturated heterocycles. The number of hydrogen-bond acceptors (Lipinski definition) is 8. The summed E-state index contributed by atoms with van der Waals surface area (Å²) in [4.78, 5) is 11.8. The number of aromatic nitrogens is 3. The van der Waals surface area contributed by atoms with Crippen molar-refractivity contribution >= 4 is 29.2 Å². The minimum atomic E-state index is 0.0305. The van der Waals surface area contributed by atoms with Crippen LogP contribution < -0.4 is 25.3 Å². The standard InChI is InChI=1S/C12H14ClN5O3/c1-19-8-5-9(20-2)7(4-6(8)13)15-11-16-10(14)17-12(18-11)21-3/h4-5H,1-3H3,(H3,14,15,16,17,18). The molecule has 1 heterocycles. The molecule has 0 fully saturated rings. The highest BCUT2D eigenvalue weighted by Gasteiger charge is 2.12. The minimum absolute atomic E-state index is 0.0305. The maximum absolute atomic E-state index is 6.09. The fourth-order valence-corrected chi connectivity index (χ4v) is 1.84. The monoisotopic (exact) mass is 311 g/mol. The van der Waals surface area contributed by atoms with Crippen LogP contribution in [0.1, 0.15) is 0 Å². The second-order valence-corrected chi connectivity index (χ2v) is 4.22. The van der Waals surface area contributed by atoms with E-state index in [1.54, 1.807) is 12.1 Å². The molecule has 0 aliphatic carbocycles. The average Bonchev–Trinajstić information content (AvgIpc) is 2.47. The molecule has 2 aromatic rings. The van der Waals surface area contributed by atoms with Gasteiger partial charge in [0.25, 0.3) is 0 Å². The zero-order valence-corrected chi connectivity index (χ0v) is 12.4. The van der Waals surface area contributed by atoms with E-state index in [2.05, 4.69) is 20.3 Å². The number of ether oxygens (including phenoxy) is 3. The summed E-state index contributed by atoms with van der Waals surface area (Å²) >= 11 is 6.09. The SMILES string of the molecule is COc1nc(N)nc(Nc2cc(Cl)c(OC)cc2OC)n1. The van der Waals surface area contributed by atoms with Crippen LogP contribution in [0.3, 0.4) is 0 Å². The van der Waals surface area contributed by atoms with Gasteiger partial charge in [-0.1, -0.05) is 11.6 Å². The molecule has 0 bridgehead atoms. The van der Waals surface area contributed by atoms with E-state index < -0.39 is 0 Å². The Morgan fingerprint density at radius 3 is 2.33 bits per heavy atom. The molecule has 1 aromatic heterocycles. The molecule has 1 aromatic carbocycles. The lowest BCUT2D eigenvalue weighted by molar-refractivity contribution is 0.379. The van der Waals surface area contributed by atoms with E-state index in [9.17, 15) is 0 Å². The van der Waals surface area contributed by atoms with Crippen LogP contribution >= 0.6 is 11.6 Å². The summed E-state index contributed by atoms with van der Waals surface area (Å²) in [6, 6.07) is 3.38. The molecule has 0 aliphatic heterocycles. The fraction of sp³-hybridized carbons (Fsp3) is 0.250. The molecule has 0 saturated carbocycles. The molecule has 0 unspecified atom stereocenters. The van der Waals surface area contributed by atoms with Crippen LogP contribution in [0.25, 0.3) is 0 Å². The van der Waals surface area contributed by atoms with Crippen LogP contribution in [0, 0.1) is 0 Å². The second-order valence-electron chi connectivity index (χ2n) is 3.82. The largest absolute Gasteiger partial charge is 0.495 e. The van der Waals surface area contributed by atoms with E-state index in [-0.39, 0.29) is 17.9 Å². The third kappa shape index (κ3) is 3.34. The van der Waals surface area contributed by atoms with Crippen molar-refractivity contribution in [3.63, 3.8) is 0 Å². The number of methoxy groups -OCH3 is 3. The Morgan fingerprint density at radius 2 is 1.71 bits per heavy atom. The lowest BCUT2D eigenvalue weighted by Gasteiger charge is -2.13. The Kier molecular flexibility index (Phi) is 4.49. The number of nitrogens with one attached hydrogen (secondary N) is 1. The number of anilines is 3. The van der Waals surface area contributed by atoms with E-state index >= 15 is 0 Å². The quantitative estimate of drug-likeness (QED) is 0.862. The smallest absolute Gasteiger partial charge is 0.322 e. The van der Waals surface area contributed by atoms with Gasteiger partial charge in [0.2, 0.25) is 11.9 Å². The molecule has 9 heteroatoms. The summed E-state index contributed by atoms with van der Waals surface area (Å²) in [5.41, 5.74) is 6.13. The maximum atomic E-state index is 6.09. The van der Waals surface area contributed by atoms with Crippen molar-refractivity contribution in [2.24, 2.45) is 0 Å². The third-order valence-electron chi connectivity index (χ3n) is 2.54. The first-order valence-electron chi connectivity index (χ1n) is 5.81. The molecule has 21 heavy (non-hydrogen) atoms. The van der Waals surface area contributed by atoms with E-state index in [1.165, 1.54) is 21.3 Å². The molecular formula is C12H14ClN5O3. The van der Waals surface area contributed by atoms with Crippen LogP contribution in [0.2, 0.25) is 5.02 Å². The zero-order valence-electron chi connectivity index (χ0n) is 11.7. The number of nitrogens with zero attached hydrogens (tertiary/aromatic N) is 3. The lowest BCUT2D eigenvalue weighted by atomic mass is 10.2. The summed E-state index contributed by atoms with van der Waals surface area (Å²) in [6.07, 6.45) is 0. The summed E-state index contributed by atoms with van der Waals surface area (Å²) in [5.74, 6) is 1.24. The van der Waals surface area contributed by atoms with Gasteiger partial charge in [0.15, 0.2) is 0 Å². The lowest BCUT2D eigenvalue weighted by Crippen LogP contribution is -2.06. The Hall–Kier alpha value is -2.48. The van der Waals surface area contributed by atoms with Crippen molar-refractivity contribution in [2.75, 3.05) is 32.4 Å². The van der Waals surface area contributed by atoms with Gasteiger partial charge in [-0.3, -0.25) is 0 Å².